The number of halogens is 2. The van der Waals surface area contributed by atoms with Gasteiger partial charge in [0, 0.05) is 16.6 Å². The van der Waals surface area contributed by atoms with Crippen LogP contribution in [0.3, 0.4) is 0 Å². The van der Waals surface area contributed by atoms with Crippen molar-refractivity contribution in [3.63, 3.8) is 0 Å². The first kappa shape index (κ1) is 13.9. The molecule has 6 heteroatoms. The summed E-state index contributed by atoms with van der Waals surface area (Å²) in [6.07, 6.45) is 1.82. The lowest BCUT2D eigenvalue weighted by molar-refractivity contribution is 0.435. The molecule has 0 aliphatic rings. The van der Waals surface area contributed by atoms with Crippen LogP contribution in [0.2, 0.25) is 5.02 Å². The molecular weight excluding hydrogens is 313 g/mol. The van der Waals surface area contributed by atoms with Crippen LogP contribution in [0.1, 0.15) is 24.7 Å². The van der Waals surface area contributed by atoms with Gasteiger partial charge in [-0.3, -0.25) is 0 Å². The van der Waals surface area contributed by atoms with Crippen molar-refractivity contribution in [1.29, 1.82) is 0 Å². The summed E-state index contributed by atoms with van der Waals surface area (Å²) >= 11 is 13.8. The average molecular weight is 326 g/mol. The van der Waals surface area contributed by atoms with Crippen LogP contribution in [-0.2, 0) is 11.4 Å². The quantitative estimate of drug-likeness (QED) is 0.655. The zero-order chi connectivity index (χ0) is 14.3. The molecule has 3 nitrogen and oxygen atoms in total. The second-order valence-electron chi connectivity index (χ2n) is 5.03. The zero-order valence-electron chi connectivity index (χ0n) is 11.1. The van der Waals surface area contributed by atoms with Gasteiger partial charge in [-0.1, -0.05) is 11.6 Å². The summed E-state index contributed by atoms with van der Waals surface area (Å²) in [5, 5.41) is 3.68. The van der Waals surface area contributed by atoms with Gasteiger partial charge in [-0.05, 0) is 32.0 Å². The maximum atomic E-state index is 6.08. The van der Waals surface area contributed by atoms with E-state index in [9.17, 15) is 0 Å². The second-order valence-corrected chi connectivity index (χ2v) is 6.62. The number of alkyl halides is 1. The van der Waals surface area contributed by atoms with Gasteiger partial charge < -0.3 is 4.57 Å². The summed E-state index contributed by atoms with van der Waals surface area (Å²) in [6, 6.07) is 5.72. The molecule has 0 radical (unpaired) electrons. The molecule has 104 valence electrons. The summed E-state index contributed by atoms with van der Waals surface area (Å²) in [4.78, 5) is 9.04. The van der Waals surface area contributed by atoms with Crippen LogP contribution in [0.4, 0.5) is 0 Å². The van der Waals surface area contributed by atoms with Crippen LogP contribution in [0.25, 0.3) is 11.0 Å². The van der Waals surface area contributed by atoms with Crippen molar-refractivity contribution >= 4 is 45.6 Å². The number of thiazole rings is 1. The van der Waals surface area contributed by atoms with Crippen molar-refractivity contribution in [2.45, 2.75) is 25.3 Å². The fourth-order valence-corrected chi connectivity index (χ4v) is 3.54. The van der Waals surface area contributed by atoms with Crippen LogP contribution in [0, 0.1) is 0 Å². The maximum Gasteiger partial charge on any atom is 0.125 e. The van der Waals surface area contributed by atoms with E-state index in [1.165, 1.54) is 0 Å². The molecule has 0 bridgehead atoms. The Balaban J connectivity index is 2.29. The van der Waals surface area contributed by atoms with Crippen LogP contribution < -0.4 is 0 Å². The number of nitrogens with zero attached hydrogens (tertiary/aromatic N) is 3. The van der Waals surface area contributed by atoms with Crippen molar-refractivity contribution in [2.24, 2.45) is 0 Å². The van der Waals surface area contributed by atoms with Gasteiger partial charge in [0.15, 0.2) is 0 Å². The first-order valence-electron chi connectivity index (χ1n) is 6.17. The first-order chi connectivity index (χ1) is 9.54. The van der Waals surface area contributed by atoms with Crippen LogP contribution in [-0.4, -0.2) is 14.5 Å². The SMILES string of the molecule is CC(C)(c1nccs1)n1c(CCl)nc2cc(Cl)ccc21. The largest absolute Gasteiger partial charge is 0.315 e. The van der Waals surface area contributed by atoms with Gasteiger partial charge in [0.25, 0.3) is 0 Å². The number of imidazole rings is 1. The highest BCUT2D eigenvalue weighted by atomic mass is 35.5. The molecular formula is C14H13Cl2N3S. The molecule has 20 heavy (non-hydrogen) atoms. The van der Waals surface area contributed by atoms with E-state index in [-0.39, 0.29) is 5.54 Å². The van der Waals surface area contributed by atoms with Crippen molar-refractivity contribution in [2.75, 3.05) is 0 Å². The summed E-state index contributed by atoms with van der Waals surface area (Å²) < 4.78 is 2.14. The standard InChI is InChI=1S/C14H13Cl2N3S/c1-14(2,13-17-5-6-20-13)19-11-4-3-9(16)7-10(11)18-12(19)8-15/h3-7H,8H2,1-2H3. The Hall–Kier alpha value is -1.10. The molecule has 0 N–H and O–H groups in total. The topological polar surface area (TPSA) is 30.7 Å². The fraction of sp³-hybridized carbons (Fsp3) is 0.286. The Morgan fingerprint density at radius 3 is 2.80 bits per heavy atom. The zero-order valence-corrected chi connectivity index (χ0v) is 13.4. The molecule has 0 atom stereocenters. The first-order valence-corrected chi connectivity index (χ1v) is 7.96. The predicted octanol–water partition coefficient (Wildman–Crippen LogP) is 4.67. The van der Waals surface area contributed by atoms with Gasteiger partial charge in [-0.15, -0.1) is 22.9 Å². The Bertz CT molecular complexity index is 747. The molecule has 0 amide bonds. The lowest BCUT2D eigenvalue weighted by Crippen LogP contribution is -2.29. The van der Waals surface area contributed by atoms with E-state index in [4.69, 9.17) is 23.2 Å². The molecule has 2 aromatic heterocycles. The minimum absolute atomic E-state index is 0.305. The number of rotatable bonds is 3. The number of aromatic nitrogens is 3. The van der Waals surface area contributed by atoms with Gasteiger partial charge in [0.2, 0.25) is 0 Å². The third-order valence-electron chi connectivity index (χ3n) is 3.32. The maximum absolute atomic E-state index is 6.08. The Labute approximate surface area is 131 Å². The van der Waals surface area contributed by atoms with E-state index in [1.54, 1.807) is 11.3 Å². The van der Waals surface area contributed by atoms with Crippen molar-refractivity contribution in [3.8, 4) is 0 Å². The molecule has 1 aromatic carbocycles. The van der Waals surface area contributed by atoms with E-state index in [0.29, 0.717) is 10.9 Å². The molecule has 0 unspecified atom stereocenters. The molecule has 3 aromatic rings. The summed E-state index contributed by atoms with van der Waals surface area (Å²) in [5.41, 5.74) is 1.57. The van der Waals surface area contributed by atoms with E-state index < -0.39 is 0 Å². The van der Waals surface area contributed by atoms with Gasteiger partial charge >= 0.3 is 0 Å². The van der Waals surface area contributed by atoms with E-state index in [2.05, 4.69) is 28.4 Å². The highest BCUT2D eigenvalue weighted by Gasteiger charge is 2.30. The van der Waals surface area contributed by atoms with Crippen molar-refractivity contribution < 1.29 is 0 Å². The van der Waals surface area contributed by atoms with E-state index >= 15 is 0 Å². The molecule has 3 rings (SSSR count). The molecule has 0 aliphatic heterocycles. The molecule has 0 spiro atoms. The molecule has 0 saturated heterocycles. The molecule has 0 aliphatic carbocycles. The highest BCUT2D eigenvalue weighted by Crippen LogP contribution is 2.33. The van der Waals surface area contributed by atoms with Crippen molar-refractivity contribution in [1.82, 2.24) is 14.5 Å². The van der Waals surface area contributed by atoms with Gasteiger partial charge in [-0.25, -0.2) is 9.97 Å². The lowest BCUT2D eigenvalue weighted by Gasteiger charge is -2.27. The van der Waals surface area contributed by atoms with E-state index in [1.807, 2.05) is 29.8 Å². The summed E-state index contributed by atoms with van der Waals surface area (Å²) in [6.45, 7) is 4.25. The van der Waals surface area contributed by atoms with Gasteiger partial charge in [-0.2, -0.15) is 0 Å². The predicted molar refractivity (Wildman–Crippen MR) is 84.8 cm³/mol. The third-order valence-corrected chi connectivity index (χ3v) is 4.88. The fourth-order valence-electron chi connectivity index (χ4n) is 2.44. The average Bonchev–Trinajstić information content (AvgIpc) is 3.05. The lowest BCUT2D eigenvalue weighted by atomic mass is 10.1. The third kappa shape index (κ3) is 2.12. The number of hydrogen-bond acceptors (Lipinski definition) is 3. The summed E-state index contributed by atoms with van der Waals surface area (Å²) in [5.74, 6) is 1.17. The van der Waals surface area contributed by atoms with Crippen LogP contribution in [0.5, 0.6) is 0 Å². The van der Waals surface area contributed by atoms with Crippen LogP contribution >= 0.6 is 34.5 Å². The Morgan fingerprint density at radius 1 is 1.35 bits per heavy atom. The van der Waals surface area contributed by atoms with Gasteiger partial charge in [0.1, 0.15) is 10.8 Å². The number of fused-ring (bicyclic) bond motifs is 1. The molecule has 0 saturated carbocycles. The van der Waals surface area contributed by atoms with Gasteiger partial charge in [0.05, 0.1) is 22.5 Å². The summed E-state index contributed by atoms with van der Waals surface area (Å²) in [7, 11) is 0. The Morgan fingerprint density at radius 2 is 2.15 bits per heavy atom. The van der Waals surface area contributed by atoms with E-state index in [0.717, 1.165) is 21.9 Å². The molecule has 2 heterocycles. The second kappa shape index (κ2) is 5.02. The number of hydrogen-bond donors (Lipinski definition) is 0. The van der Waals surface area contributed by atoms with Crippen LogP contribution in [0.15, 0.2) is 29.8 Å². The van der Waals surface area contributed by atoms with Crippen molar-refractivity contribution in [3.05, 3.63) is 45.6 Å². The number of benzene rings is 1. The minimum atomic E-state index is -0.305. The normalized spacial score (nSPS) is 12.2. The molecule has 0 fully saturated rings. The smallest absolute Gasteiger partial charge is 0.125 e. The Kier molecular flexibility index (Phi) is 3.48. The minimum Gasteiger partial charge on any atom is -0.315 e. The monoisotopic (exact) mass is 325 g/mol. The highest BCUT2D eigenvalue weighted by molar-refractivity contribution is 7.09.